The smallest absolute Gasteiger partial charge is 0.242 e. The minimum atomic E-state index is 0.125. The number of hydrogen-bond acceptors (Lipinski definition) is 4. The maximum atomic E-state index is 13.3. The zero-order valence-electron chi connectivity index (χ0n) is 16.8. The molecule has 0 N–H and O–H groups in total. The first-order valence-corrected chi connectivity index (χ1v) is 10.8. The molecule has 5 rings (SSSR count). The summed E-state index contributed by atoms with van der Waals surface area (Å²) >= 11 is 0. The Morgan fingerprint density at radius 1 is 0.966 bits per heavy atom. The average molecular weight is 392 g/mol. The van der Waals surface area contributed by atoms with Gasteiger partial charge in [-0.15, -0.1) is 0 Å². The molecule has 0 spiro atoms. The van der Waals surface area contributed by atoms with Crippen molar-refractivity contribution in [1.82, 2.24) is 4.90 Å². The van der Waals surface area contributed by atoms with Gasteiger partial charge in [-0.3, -0.25) is 4.79 Å². The third-order valence-electron chi connectivity index (χ3n) is 6.26. The van der Waals surface area contributed by atoms with Crippen molar-refractivity contribution in [3.05, 3.63) is 53.6 Å². The van der Waals surface area contributed by atoms with Crippen LogP contribution in [0.5, 0.6) is 11.5 Å². The molecular weight excluding hydrogens is 364 g/mol. The number of likely N-dealkylation sites (tertiary alicyclic amines) is 1. The van der Waals surface area contributed by atoms with Crippen LogP contribution in [0.15, 0.2) is 42.5 Å². The molecule has 3 aliphatic rings. The van der Waals surface area contributed by atoms with Gasteiger partial charge >= 0.3 is 0 Å². The van der Waals surface area contributed by atoms with E-state index in [2.05, 4.69) is 46.2 Å². The molecule has 1 saturated heterocycles. The van der Waals surface area contributed by atoms with E-state index < -0.39 is 0 Å². The van der Waals surface area contributed by atoms with E-state index in [1.807, 2.05) is 6.07 Å². The predicted molar refractivity (Wildman–Crippen MR) is 113 cm³/mol. The van der Waals surface area contributed by atoms with Crippen LogP contribution in [0.25, 0.3) is 0 Å². The third kappa shape index (κ3) is 3.66. The number of amides is 1. The van der Waals surface area contributed by atoms with Crippen LogP contribution >= 0.6 is 0 Å². The summed E-state index contributed by atoms with van der Waals surface area (Å²) in [6.45, 7) is 3.60. The van der Waals surface area contributed by atoms with Crippen molar-refractivity contribution in [2.24, 2.45) is 0 Å². The minimum Gasteiger partial charge on any atom is -0.490 e. The van der Waals surface area contributed by atoms with Gasteiger partial charge in [0.1, 0.15) is 0 Å². The Morgan fingerprint density at radius 3 is 2.76 bits per heavy atom. The van der Waals surface area contributed by atoms with Gasteiger partial charge in [0.05, 0.1) is 25.8 Å². The maximum Gasteiger partial charge on any atom is 0.242 e. The Labute approximate surface area is 172 Å². The van der Waals surface area contributed by atoms with Crippen molar-refractivity contribution < 1.29 is 14.3 Å². The van der Waals surface area contributed by atoms with Crippen LogP contribution in [0.3, 0.4) is 0 Å². The molecule has 29 heavy (non-hydrogen) atoms. The summed E-state index contributed by atoms with van der Waals surface area (Å²) in [6, 6.07) is 14.8. The van der Waals surface area contributed by atoms with E-state index in [0.717, 1.165) is 62.3 Å². The van der Waals surface area contributed by atoms with Gasteiger partial charge in [0.25, 0.3) is 0 Å². The Balaban J connectivity index is 1.34. The zero-order valence-corrected chi connectivity index (χ0v) is 16.8. The summed E-state index contributed by atoms with van der Waals surface area (Å²) in [4.78, 5) is 17.6. The summed E-state index contributed by atoms with van der Waals surface area (Å²) in [7, 11) is 0. The molecule has 0 aliphatic carbocycles. The van der Waals surface area contributed by atoms with Gasteiger partial charge in [0.15, 0.2) is 11.5 Å². The fourth-order valence-electron chi connectivity index (χ4n) is 4.83. The highest BCUT2D eigenvalue weighted by atomic mass is 16.5. The number of anilines is 1. The third-order valence-corrected chi connectivity index (χ3v) is 6.26. The number of carbonyl (C=O) groups is 1. The lowest BCUT2D eigenvalue weighted by Gasteiger charge is -2.33. The lowest BCUT2D eigenvalue weighted by Crippen LogP contribution is -2.42. The van der Waals surface area contributed by atoms with E-state index in [9.17, 15) is 4.79 Å². The number of carbonyl (C=O) groups excluding carboxylic acids is 1. The standard InChI is InChI=1S/C24H28N2O3/c27-24(17-25-12-3-7-18-6-1-2-8-20(18)25)26-13-4-9-21(26)19-10-11-22-23(16-19)29-15-5-14-28-22/h1-2,6,8,10-11,16,21H,3-5,7,9,12-15,17H2/t21-/m0/s1. The van der Waals surface area contributed by atoms with Crippen LogP contribution < -0.4 is 14.4 Å². The number of fused-ring (bicyclic) bond motifs is 2. The van der Waals surface area contributed by atoms with Crippen molar-refractivity contribution in [2.45, 2.75) is 38.1 Å². The SMILES string of the molecule is O=C(CN1CCCc2ccccc21)N1CCC[C@H]1c1ccc2c(c1)OCCCO2. The number of ether oxygens (including phenoxy) is 2. The second-order valence-corrected chi connectivity index (χ2v) is 8.16. The first-order chi connectivity index (χ1) is 14.3. The van der Waals surface area contributed by atoms with Crippen LogP contribution in [0, 0.1) is 0 Å². The summed E-state index contributed by atoms with van der Waals surface area (Å²) in [5, 5.41) is 0. The number of nitrogens with zero attached hydrogens (tertiary/aromatic N) is 2. The number of benzene rings is 2. The Hall–Kier alpha value is -2.69. The van der Waals surface area contributed by atoms with Gasteiger partial charge in [-0.25, -0.2) is 0 Å². The van der Waals surface area contributed by atoms with Gasteiger partial charge in [-0.2, -0.15) is 0 Å². The summed E-state index contributed by atoms with van der Waals surface area (Å²) in [5.74, 6) is 1.84. The molecule has 0 radical (unpaired) electrons. The molecule has 5 heteroatoms. The molecule has 0 aromatic heterocycles. The van der Waals surface area contributed by atoms with E-state index >= 15 is 0 Å². The molecule has 1 amide bonds. The van der Waals surface area contributed by atoms with Gasteiger partial charge < -0.3 is 19.3 Å². The van der Waals surface area contributed by atoms with E-state index in [4.69, 9.17) is 9.47 Å². The van der Waals surface area contributed by atoms with Crippen LogP contribution in [0.4, 0.5) is 5.69 Å². The molecule has 1 fully saturated rings. The second-order valence-electron chi connectivity index (χ2n) is 8.16. The van der Waals surface area contributed by atoms with Crippen molar-refractivity contribution in [1.29, 1.82) is 0 Å². The van der Waals surface area contributed by atoms with E-state index in [1.54, 1.807) is 0 Å². The Morgan fingerprint density at radius 2 is 1.83 bits per heavy atom. The van der Waals surface area contributed by atoms with Crippen LogP contribution in [0.2, 0.25) is 0 Å². The predicted octanol–water partition coefficient (Wildman–Crippen LogP) is 3.96. The number of para-hydroxylation sites is 1. The van der Waals surface area contributed by atoms with E-state index in [0.29, 0.717) is 19.8 Å². The highest BCUT2D eigenvalue weighted by molar-refractivity contribution is 5.82. The van der Waals surface area contributed by atoms with Crippen molar-refractivity contribution in [3.8, 4) is 11.5 Å². The normalized spacial score (nSPS) is 20.9. The highest BCUT2D eigenvalue weighted by Crippen LogP contribution is 2.38. The molecule has 5 nitrogen and oxygen atoms in total. The molecule has 3 aliphatic heterocycles. The topological polar surface area (TPSA) is 42.0 Å². The summed E-state index contributed by atoms with van der Waals surface area (Å²) in [6.07, 6.45) is 5.15. The van der Waals surface area contributed by atoms with Crippen LogP contribution in [-0.4, -0.2) is 43.7 Å². The Kier molecular flexibility index (Phi) is 5.04. The maximum absolute atomic E-state index is 13.3. The fourth-order valence-corrected chi connectivity index (χ4v) is 4.83. The van der Waals surface area contributed by atoms with Gasteiger partial charge in [0.2, 0.25) is 5.91 Å². The van der Waals surface area contributed by atoms with Gasteiger partial charge in [0, 0.05) is 25.2 Å². The molecule has 1 atom stereocenters. The van der Waals surface area contributed by atoms with E-state index in [-0.39, 0.29) is 11.9 Å². The lowest BCUT2D eigenvalue weighted by atomic mass is 10.0. The van der Waals surface area contributed by atoms with Crippen molar-refractivity contribution in [3.63, 3.8) is 0 Å². The summed E-state index contributed by atoms with van der Waals surface area (Å²) in [5.41, 5.74) is 3.73. The monoisotopic (exact) mass is 392 g/mol. The average Bonchev–Trinajstić information content (AvgIpc) is 3.13. The molecular formula is C24H28N2O3. The molecule has 0 unspecified atom stereocenters. The highest BCUT2D eigenvalue weighted by Gasteiger charge is 2.32. The molecule has 0 saturated carbocycles. The second kappa shape index (κ2) is 7.97. The van der Waals surface area contributed by atoms with Crippen molar-refractivity contribution >= 4 is 11.6 Å². The molecule has 3 heterocycles. The zero-order chi connectivity index (χ0) is 19.6. The first-order valence-electron chi connectivity index (χ1n) is 10.8. The minimum absolute atomic E-state index is 0.125. The largest absolute Gasteiger partial charge is 0.490 e. The molecule has 2 aromatic rings. The first kappa shape index (κ1) is 18.3. The van der Waals surface area contributed by atoms with E-state index in [1.165, 1.54) is 11.3 Å². The fraction of sp³-hybridized carbons (Fsp3) is 0.458. The summed E-state index contributed by atoms with van der Waals surface area (Å²) < 4.78 is 11.6. The van der Waals surface area contributed by atoms with Crippen molar-refractivity contribution in [2.75, 3.05) is 37.7 Å². The molecule has 2 aromatic carbocycles. The number of rotatable bonds is 3. The number of aryl methyl sites for hydroxylation is 1. The van der Waals surface area contributed by atoms with Gasteiger partial charge in [-0.05, 0) is 55.0 Å². The quantitative estimate of drug-likeness (QED) is 0.793. The van der Waals surface area contributed by atoms with Crippen LogP contribution in [-0.2, 0) is 11.2 Å². The Bertz CT molecular complexity index is 897. The molecule has 152 valence electrons. The van der Waals surface area contributed by atoms with Crippen LogP contribution in [0.1, 0.15) is 42.9 Å². The number of hydrogen-bond donors (Lipinski definition) is 0. The molecule has 0 bridgehead atoms. The van der Waals surface area contributed by atoms with Gasteiger partial charge in [-0.1, -0.05) is 24.3 Å². The lowest BCUT2D eigenvalue weighted by molar-refractivity contribution is -0.130.